The van der Waals surface area contributed by atoms with Gasteiger partial charge in [0.25, 0.3) is 11.8 Å². The highest BCUT2D eigenvalue weighted by Crippen LogP contribution is 2.10. The number of aryl methyl sites for hydroxylation is 2. The molecule has 4 amide bonds. The fourth-order valence-corrected chi connectivity index (χ4v) is 2.02. The van der Waals surface area contributed by atoms with Crippen LogP contribution in [0.15, 0.2) is 18.2 Å². The van der Waals surface area contributed by atoms with Crippen LogP contribution >= 0.6 is 0 Å². The highest BCUT2D eigenvalue weighted by atomic mass is 16.2. The number of nitrogens with one attached hydrogen (secondary N) is 3. The van der Waals surface area contributed by atoms with Crippen molar-refractivity contribution in [2.75, 3.05) is 0 Å². The van der Waals surface area contributed by atoms with Crippen LogP contribution in [0.25, 0.3) is 0 Å². The lowest BCUT2D eigenvalue weighted by atomic mass is 10.0. The Hall–Kier alpha value is -2.57. The Morgan fingerprint density at radius 3 is 2.23 bits per heavy atom. The van der Waals surface area contributed by atoms with Crippen LogP contribution in [0.4, 0.5) is 4.79 Å². The molecular formula is C15H22N4O3. The van der Waals surface area contributed by atoms with Crippen LogP contribution in [0.2, 0.25) is 0 Å². The number of primary amides is 1. The maximum atomic E-state index is 12.1. The van der Waals surface area contributed by atoms with Crippen LogP contribution in [0.1, 0.15) is 35.3 Å². The van der Waals surface area contributed by atoms with E-state index in [0.29, 0.717) is 5.56 Å². The number of amides is 4. The second-order valence-corrected chi connectivity index (χ2v) is 5.49. The molecule has 120 valence electrons. The van der Waals surface area contributed by atoms with E-state index in [1.165, 1.54) is 0 Å². The summed E-state index contributed by atoms with van der Waals surface area (Å²) in [6.45, 7) is 7.26. The van der Waals surface area contributed by atoms with E-state index in [-0.39, 0.29) is 5.92 Å². The van der Waals surface area contributed by atoms with Crippen molar-refractivity contribution in [3.8, 4) is 0 Å². The first kappa shape index (κ1) is 17.5. The molecule has 0 aromatic heterocycles. The predicted molar refractivity (Wildman–Crippen MR) is 82.9 cm³/mol. The Bertz CT molecular complexity index is 584. The normalized spacial score (nSPS) is 11.7. The van der Waals surface area contributed by atoms with Gasteiger partial charge in [-0.25, -0.2) is 4.79 Å². The minimum atomic E-state index is -0.822. The largest absolute Gasteiger partial charge is 0.352 e. The molecular weight excluding hydrogens is 284 g/mol. The molecule has 1 aromatic carbocycles. The van der Waals surface area contributed by atoms with Gasteiger partial charge in [-0.3, -0.25) is 20.4 Å². The molecule has 0 spiro atoms. The summed E-state index contributed by atoms with van der Waals surface area (Å²) in [5.41, 5.74) is 12.0. The zero-order valence-corrected chi connectivity index (χ0v) is 13.2. The first-order valence-corrected chi connectivity index (χ1v) is 6.95. The van der Waals surface area contributed by atoms with Gasteiger partial charge in [-0.15, -0.1) is 0 Å². The maximum absolute atomic E-state index is 12.1. The number of urea groups is 1. The van der Waals surface area contributed by atoms with Crippen LogP contribution < -0.4 is 21.9 Å². The summed E-state index contributed by atoms with van der Waals surface area (Å²) in [6.07, 6.45) is 0. The quantitative estimate of drug-likeness (QED) is 0.616. The summed E-state index contributed by atoms with van der Waals surface area (Å²) in [5, 5.41) is 2.34. The molecule has 0 aliphatic heterocycles. The first-order valence-electron chi connectivity index (χ1n) is 6.95. The lowest BCUT2D eigenvalue weighted by Gasteiger charge is -2.20. The van der Waals surface area contributed by atoms with E-state index in [0.717, 1.165) is 11.1 Å². The van der Waals surface area contributed by atoms with E-state index < -0.39 is 23.9 Å². The highest BCUT2D eigenvalue weighted by molar-refractivity contribution is 5.97. The molecule has 0 aliphatic rings. The van der Waals surface area contributed by atoms with E-state index in [1.54, 1.807) is 19.9 Å². The molecule has 7 heteroatoms. The third-order valence-corrected chi connectivity index (χ3v) is 3.17. The Morgan fingerprint density at radius 2 is 1.73 bits per heavy atom. The van der Waals surface area contributed by atoms with Gasteiger partial charge in [0.05, 0.1) is 0 Å². The molecule has 0 heterocycles. The average Bonchev–Trinajstić information content (AvgIpc) is 2.41. The van der Waals surface area contributed by atoms with Crippen LogP contribution in [0, 0.1) is 19.8 Å². The van der Waals surface area contributed by atoms with Gasteiger partial charge in [-0.05, 0) is 31.4 Å². The minimum Gasteiger partial charge on any atom is -0.352 e. The number of rotatable bonds is 4. The van der Waals surface area contributed by atoms with Gasteiger partial charge in [0.2, 0.25) is 0 Å². The number of hydrogen-bond donors (Lipinski definition) is 4. The van der Waals surface area contributed by atoms with E-state index in [4.69, 9.17) is 5.73 Å². The summed E-state index contributed by atoms with van der Waals surface area (Å²) < 4.78 is 0. The molecule has 0 saturated heterocycles. The Balaban J connectivity index is 2.69. The predicted octanol–water partition coefficient (Wildman–Crippen LogP) is 0.757. The molecule has 1 rings (SSSR count). The molecule has 0 bridgehead atoms. The summed E-state index contributed by atoms with van der Waals surface area (Å²) >= 11 is 0. The third-order valence-electron chi connectivity index (χ3n) is 3.17. The molecule has 0 radical (unpaired) electrons. The van der Waals surface area contributed by atoms with Gasteiger partial charge in [0.15, 0.2) is 0 Å². The van der Waals surface area contributed by atoms with Crippen LogP contribution in [0.3, 0.4) is 0 Å². The van der Waals surface area contributed by atoms with Crippen molar-refractivity contribution >= 4 is 17.8 Å². The standard InChI is InChI=1S/C15H22N4O3/c1-8(2)12(17-15(16)22)14(21)19-18-13(20)11-6-5-9(3)7-10(11)4/h5-8,12H,1-4H3,(H,18,20)(H,19,21)(H3,16,17,22)/t12-/m0/s1. The van der Waals surface area contributed by atoms with Gasteiger partial charge < -0.3 is 11.1 Å². The molecule has 0 saturated carbocycles. The number of hydrogen-bond acceptors (Lipinski definition) is 3. The summed E-state index contributed by atoms with van der Waals surface area (Å²) in [5.74, 6) is -1.13. The fraction of sp³-hybridized carbons (Fsp3) is 0.400. The topological polar surface area (TPSA) is 113 Å². The summed E-state index contributed by atoms with van der Waals surface area (Å²) in [6, 6.07) is 3.76. The monoisotopic (exact) mass is 306 g/mol. The van der Waals surface area contributed by atoms with Crippen molar-refractivity contribution in [2.24, 2.45) is 11.7 Å². The molecule has 5 N–H and O–H groups in total. The van der Waals surface area contributed by atoms with Crippen molar-refractivity contribution in [3.05, 3.63) is 34.9 Å². The summed E-state index contributed by atoms with van der Waals surface area (Å²) in [7, 11) is 0. The third kappa shape index (κ3) is 4.76. The zero-order valence-electron chi connectivity index (χ0n) is 13.2. The van der Waals surface area contributed by atoms with Crippen molar-refractivity contribution in [2.45, 2.75) is 33.7 Å². The first-order chi connectivity index (χ1) is 10.2. The van der Waals surface area contributed by atoms with Gasteiger partial charge in [0.1, 0.15) is 6.04 Å². The van der Waals surface area contributed by atoms with Crippen LogP contribution in [-0.2, 0) is 4.79 Å². The van der Waals surface area contributed by atoms with E-state index in [9.17, 15) is 14.4 Å². The Morgan fingerprint density at radius 1 is 1.09 bits per heavy atom. The molecule has 0 unspecified atom stereocenters. The molecule has 22 heavy (non-hydrogen) atoms. The number of carbonyl (C=O) groups is 3. The lowest BCUT2D eigenvalue weighted by Crippen LogP contribution is -2.55. The lowest BCUT2D eigenvalue weighted by molar-refractivity contribution is -0.124. The van der Waals surface area contributed by atoms with Crippen molar-refractivity contribution in [1.82, 2.24) is 16.2 Å². The van der Waals surface area contributed by atoms with Gasteiger partial charge in [-0.2, -0.15) is 0 Å². The number of hydrazine groups is 1. The van der Waals surface area contributed by atoms with E-state index in [2.05, 4.69) is 16.2 Å². The Kier molecular flexibility index (Phi) is 5.91. The maximum Gasteiger partial charge on any atom is 0.312 e. The SMILES string of the molecule is Cc1ccc(C(=O)NNC(=O)[C@@H](NC(N)=O)C(C)C)c(C)c1. The fourth-order valence-electron chi connectivity index (χ4n) is 2.02. The van der Waals surface area contributed by atoms with Gasteiger partial charge in [0, 0.05) is 5.56 Å². The Labute approximate surface area is 129 Å². The second kappa shape index (κ2) is 7.44. The van der Waals surface area contributed by atoms with Crippen LogP contribution in [-0.4, -0.2) is 23.9 Å². The summed E-state index contributed by atoms with van der Waals surface area (Å²) in [4.78, 5) is 35.0. The highest BCUT2D eigenvalue weighted by Gasteiger charge is 2.23. The number of carbonyl (C=O) groups excluding carboxylic acids is 3. The van der Waals surface area contributed by atoms with Crippen molar-refractivity contribution in [3.63, 3.8) is 0 Å². The van der Waals surface area contributed by atoms with Crippen LogP contribution in [0.5, 0.6) is 0 Å². The average molecular weight is 306 g/mol. The zero-order chi connectivity index (χ0) is 16.9. The second-order valence-electron chi connectivity index (χ2n) is 5.49. The minimum absolute atomic E-state index is 0.175. The van der Waals surface area contributed by atoms with Crippen molar-refractivity contribution in [1.29, 1.82) is 0 Å². The number of nitrogens with two attached hydrogens (primary N) is 1. The van der Waals surface area contributed by atoms with E-state index >= 15 is 0 Å². The molecule has 0 aliphatic carbocycles. The molecule has 1 atom stereocenters. The number of benzene rings is 1. The molecule has 0 fully saturated rings. The van der Waals surface area contributed by atoms with Gasteiger partial charge >= 0.3 is 6.03 Å². The molecule has 1 aromatic rings. The van der Waals surface area contributed by atoms with E-state index in [1.807, 2.05) is 26.0 Å². The van der Waals surface area contributed by atoms with Gasteiger partial charge in [-0.1, -0.05) is 31.5 Å². The smallest absolute Gasteiger partial charge is 0.312 e. The van der Waals surface area contributed by atoms with Crippen molar-refractivity contribution < 1.29 is 14.4 Å². The molecule has 7 nitrogen and oxygen atoms in total.